The van der Waals surface area contributed by atoms with Gasteiger partial charge in [-0.2, -0.15) is 8.42 Å². The van der Waals surface area contributed by atoms with Crippen molar-refractivity contribution in [1.82, 2.24) is 0 Å². The van der Waals surface area contributed by atoms with E-state index in [1.54, 1.807) is 42.5 Å². The number of hydrogen-bond donors (Lipinski definition) is 1. The smallest absolute Gasteiger partial charge is 0.331 e. The molecule has 0 radical (unpaired) electrons. The van der Waals surface area contributed by atoms with E-state index >= 15 is 0 Å². The van der Waals surface area contributed by atoms with Gasteiger partial charge >= 0.3 is 16.1 Å². The monoisotopic (exact) mass is 578 g/mol. The lowest BCUT2D eigenvalue weighted by atomic mass is 10.1. The van der Waals surface area contributed by atoms with Gasteiger partial charge in [0.05, 0.1) is 32.7 Å². The lowest BCUT2D eigenvalue weighted by molar-refractivity contribution is -0.132. The number of unbranched alkanes of at least 4 members (excludes halogenated alkanes) is 2. The van der Waals surface area contributed by atoms with Crippen LogP contribution in [0.4, 0.5) is 0 Å². The number of carboxylic acids is 1. The molecule has 0 aromatic heterocycles. The zero-order valence-corrected chi connectivity index (χ0v) is 24.8. The van der Waals surface area contributed by atoms with Crippen LogP contribution in [0.2, 0.25) is 0 Å². The van der Waals surface area contributed by atoms with Crippen molar-refractivity contribution in [3.05, 3.63) is 53.1 Å². The normalized spacial score (nSPS) is 11.8. The number of carboxylic acid groups (broad SMARTS) is 1. The van der Waals surface area contributed by atoms with Crippen LogP contribution in [0.5, 0.6) is 23.0 Å². The minimum Gasteiger partial charge on any atom is -0.493 e. The van der Waals surface area contributed by atoms with Crippen molar-refractivity contribution in [1.29, 1.82) is 0 Å². The van der Waals surface area contributed by atoms with Gasteiger partial charge in [0.2, 0.25) is 0 Å². The summed E-state index contributed by atoms with van der Waals surface area (Å²) in [4.78, 5) is 11.7. The second-order valence-corrected chi connectivity index (χ2v) is 10.8. The van der Waals surface area contributed by atoms with Crippen LogP contribution in [0.15, 0.2) is 42.0 Å². The zero-order chi connectivity index (χ0) is 29.4. The lowest BCUT2D eigenvalue weighted by Crippen LogP contribution is -2.14. The molecule has 40 heavy (non-hydrogen) atoms. The Morgan fingerprint density at radius 2 is 1.60 bits per heavy atom. The van der Waals surface area contributed by atoms with Crippen molar-refractivity contribution in [2.45, 2.75) is 59.3 Å². The summed E-state index contributed by atoms with van der Waals surface area (Å²) < 4.78 is 52.3. The average Bonchev–Trinajstić information content (AvgIpc) is 2.93. The molecule has 9 nitrogen and oxygen atoms in total. The van der Waals surface area contributed by atoms with E-state index in [2.05, 4.69) is 6.92 Å². The molecule has 0 fully saturated rings. The summed E-state index contributed by atoms with van der Waals surface area (Å²) in [6.07, 6.45) is 5.56. The summed E-state index contributed by atoms with van der Waals surface area (Å²) in [5, 5.41) is 9.57. The van der Waals surface area contributed by atoms with Crippen molar-refractivity contribution in [2.75, 3.05) is 39.3 Å². The molecule has 0 heterocycles. The maximum Gasteiger partial charge on any atom is 0.331 e. The summed E-state index contributed by atoms with van der Waals surface area (Å²) in [6.45, 7) is 7.55. The molecule has 0 aliphatic heterocycles. The molecule has 1 N–H and O–H groups in total. The second-order valence-electron chi connectivity index (χ2n) is 9.11. The van der Waals surface area contributed by atoms with Crippen LogP contribution >= 0.6 is 0 Å². The van der Waals surface area contributed by atoms with Gasteiger partial charge in [0.15, 0.2) is 23.0 Å². The predicted molar refractivity (Wildman–Crippen MR) is 155 cm³/mol. The standard InChI is InChI=1S/C30H42O9S/c1-5-8-16-37-29-22-24(20-25(30(31)32)15-17-36-7-3)11-12-26(29)38-18-14-23-10-13-27(28(21-23)35-4)39-40(33,34)19-9-6-2/h10-13,20-22H,5-9,14-19H2,1-4H3,(H,31,32)/b25-20-. The Labute approximate surface area is 238 Å². The van der Waals surface area contributed by atoms with Crippen LogP contribution in [-0.2, 0) is 26.1 Å². The van der Waals surface area contributed by atoms with Gasteiger partial charge in [-0.25, -0.2) is 4.79 Å². The molecule has 2 rings (SSSR count). The minimum absolute atomic E-state index is 0.0512. The Hall–Kier alpha value is -3.24. The molecule has 0 amide bonds. The molecule has 0 unspecified atom stereocenters. The quantitative estimate of drug-likeness (QED) is 0.116. The van der Waals surface area contributed by atoms with Gasteiger partial charge in [0.1, 0.15) is 0 Å². The Kier molecular flexibility index (Phi) is 14.4. The highest BCUT2D eigenvalue weighted by molar-refractivity contribution is 7.87. The fourth-order valence-corrected chi connectivity index (χ4v) is 4.79. The van der Waals surface area contributed by atoms with Gasteiger partial charge in [-0.05, 0) is 61.2 Å². The molecular formula is C30H42O9S. The van der Waals surface area contributed by atoms with E-state index in [9.17, 15) is 18.3 Å². The fraction of sp³-hybridized carbons (Fsp3) is 0.500. The van der Waals surface area contributed by atoms with Crippen molar-refractivity contribution in [3.8, 4) is 23.0 Å². The Balaban J connectivity index is 2.14. The predicted octanol–water partition coefficient (Wildman–Crippen LogP) is 5.90. The lowest BCUT2D eigenvalue weighted by Gasteiger charge is -2.15. The van der Waals surface area contributed by atoms with Crippen LogP contribution < -0.4 is 18.4 Å². The summed E-state index contributed by atoms with van der Waals surface area (Å²) in [5.41, 5.74) is 1.83. The van der Waals surface area contributed by atoms with Crippen molar-refractivity contribution in [2.24, 2.45) is 0 Å². The average molecular weight is 579 g/mol. The highest BCUT2D eigenvalue weighted by Gasteiger charge is 2.16. The first-order chi connectivity index (χ1) is 19.2. The van der Waals surface area contributed by atoms with Gasteiger partial charge in [-0.3, -0.25) is 0 Å². The third-order valence-electron chi connectivity index (χ3n) is 5.90. The van der Waals surface area contributed by atoms with Crippen molar-refractivity contribution >= 4 is 22.2 Å². The third-order valence-corrected chi connectivity index (χ3v) is 7.12. The fourth-order valence-electron chi connectivity index (χ4n) is 3.66. The number of benzene rings is 2. The molecular weight excluding hydrogens is 536 g/mol. The molecule has 0 aliphatic rings. The summed E-state index contributed by atoms with van der Waals surface area (Å²) >= 11 is 0. The minimum atomic E-state index is -3.69. The van der Waals surface area contributed by atoms with Crippen LogP contribution in [0, 0.1) is 0 Å². The SMILES string of the molecule is CCCCOc1cc(/C=C(/CCOCC)C(=O)O)ccc1OCCc1ccc(OS(=O)(=O)CCCC)c(OC)c1. The van der Waals surface area contributed by atoms with Gasteiger partial charge in [0.25, 0.3) is 0 Å². The summed E-state index contributed by atoms with van der Waals surface area (Å²) in [7, 11) is -2.23. The topological polar surface area (TPSA) is 118 Å². The highest BCUT2D eigenvalue weighted by atomic mass is 32.2. The van der Waals surface area contributed by atoms with Crippen molar-refractivity contribution in [3.63, 3.8) is 0 Å². The number of aliphatic carboxylic acids is 1. The molecule has 2 aromatic rings. The Morgan fingerprint density at radius 3 is 2.27 bits per heavy atom. The Morgan fingerprint density at radius 1 is 0.875 bits per heavy atom. The maximum atomic E-state index is 12.2. The molecule has 0 saturated heterocycles. The molecule has 0 saturated carbocycles. The van der Waals surface area contributed by atoms with Gasteiger partial charge in [-0.1, -0.05) is 38.8 Å². The van der Waals surface area contributed by atoms with E-state index in [1.807, 2.05) is 13.8 Å². The maximum absolute atomic E-state index is 12.2. The Bertz CT molecular complexity index is 1210. The molecule has 0 atom stereocenters. The molecule has 0 bridgehead atoms. The summed E-state index contributed by atoms with van der Waals surface area (Å²) in [5.74, 6) is 0.531. The third kappa shape index (κ3) is 11.5. The van der Waals surface area contributed by atoms with E-state index in [1.165, 1.54) is 7.11 Å². The number of hydrogen-bond acceptors (Lipinski definition) is 8. The zero-order valence-electron chi connectivity index (χ0n) is 23.9. The number of ether oxygens (including phenoxy) is 4. The van der Waals surface area contributed by atoms with E-state index in [0.717, 1.165) is 24.8 Å². The van der Waals surface area contributed by atoms with Crippen molar-refractivity contribution < 1.29 is 41.4 Å². The number of methoxy groups -OCH3 is 1. The van der Waals surface area contributed by atoms with Crippen LogP contribution in [0.3, 0.4) is 0 Å². The van der Waals surface area contributed by atoms with E-state index in [0.29, 0.717) is 68.5 Å². The molecule has 2 aromatic carbocycles. The van der Waals surface area contributed by atoms with Gasteiger partial charge < -0.3 is 28.2 Å². The molecule has 0 aliphatic carbocycles. The van der Waals surface area contributed by atoms with E-state index < -0.39 is 16.1 Å². The first-order valence-corrected chi connectivity index (χ1v) is 15.3. The van der Waals surface area contributed by atoms with E-state index in [-0.39, 0.29) is 17.1 Å². The molecule has 0 spiro atoms. The largest absolute Gasteiger partial charge is 0.493 e. The summed E-state index contributed by atoms with van der Waals surface area (Å²) in [6, 6.07) is 10.4. The number of carbonyl (C=O) groups is 1. The van der Waals surface area contributed by atoms with Crippen LogP contribution in [0.25, 0.3) is 6.08 Å². The van der Waals surface area contributed by atoms with E-state index in [4.69, 9.17) is 23.1 Å². The number of rotatable bonds is 20. The van der Waals surface area contributed by atoms with Crippen LogP contribution in [0.1, 0.15) is 64.0 Å². The van der Waals surface area contributed by atoms with Gasteiger partial charge in [0, 0.05) is 25.0 Å². The molecule has 222 valence electrons. The molecule has 10 heteroatoms. The van der Waals surface area contributed by atoms with Crippen LogP contribution in [-0.4, -0.2) is 58.8 Å². The van der Waals surface area contributed by atoms with Gasteiger partial charge in [-0.15, -0.1) is 0 Å². The second kappa shape index (κ2) is 17.5. The first kappa shape index (κ1) is 33.0. The first-order valence-electron chi connectivity index (χ1n) is 13.7. The highest BCUT2D eigenvalue weighted by Crippen LogP contribution is 2.32.